The van der Waals surface area contributed by atoms with Gasteiger partial charge in [-0.3, -0.25) is 9.69 Å². The maximum absolute atomic E-state index is 12.5. The molecule has 0 radical (unpaired) electrons. The van der Waals surface area contributed by atoms with Crippen molar-refractivity contribution in [2.24, 2.45) is 0 Å². The lowest BCUT2D eigenvalue weighted by atomic mass is 10.2. The summed E-state index contributed by atoms with van der Waals surface area (Å²) in [6, 6.07) is 15.1. The largest absolute Gasteiger partial charge is 0.486 e. The van der Waals surface area contributed by atoms with Crippen molar-refractivity contribution in [3.8, 4) is 11.5 Å². The Morgan fingerprint density at radius 3 is 2.60 bits per heavy atom. The highest BCUT2D eigenvalue weighted by molar-refractivity contribution is 5.94. The molecular weight excluding hydrogens is 316 g/mol. The summed E-state index contributed by atoms with van der Waals surface area (Å²) in [5, 5.41) is 2.95. The van der Waals surface area contributed by atoms with E-state index in [0.717, 1.165) is 22.7 Å². The number of anilines is 1. The minimum atomic E-state index is -0.276. The van der Waals surface area contributed by atoms with Crippen LogP contribution in [0.25, 0.3) is 0 Å². The molecule has 1 amide bonds. The van der Waals surface area contributed by atoms with Crippen LogP contribution in [0.2, 0.25) is 0 Å². The van der Waals surface area contributed by atoms with Gasteiger partial charge in [0.25, 0.3) is 0 Å². The predicted molar refractivity (Wildman–Crippen MR) is 98.3 cm³/mol. The lowest BCUT2D eigenvalue weighted by molar-refractivity contribution is -0.120. The molecule has 0 bridgehead atoms. The van der Waals surface area contributed by atoms with Crippen molar-refractivity contribution in [1.82, 2.24) is 4.90 Å². The Kier molecular flexibility index (Phi) is 5.24. The van der Waals surface area contributed by atoms with Crippen molar-refractivity contribution < 1.29 is 14.3 Å². The molecule has 1 aliphatic heterocycles. The molecule has 0 unspecified atom stereocenters. The second-order valence-corrected chi connectivity index (χ2v) is 6.47. The van der Waals surface area contributed by atoms with E-state index in [0.29, 0.717) is 13.2 Å². The van der Waals surface area contributed by atoms with Gasteiger partial charge in [-0.25, -0.2) is 0 Å². The van der Waals surface area contributed by atoms with Gasteiger partial charge >= 0.3 is 0 Å². The number of nitrogens with one attached hydrogen (secondary N) is 1. The molecule has 132 valence electrons. The third-order valence-corrected chi connectivity index (χ3v) is 4.42. The summed E-state index contributed by atoms with van der Waals surface area (Å²) >= 11 is 0. The molecule has 5 heteroatoms. The topological polar surface area (TPSA) is 50.8 Å². The van der Waals surface area contributed by atoms with Gasteiger partial charge in [0.1, 0.15) is 12.7 Å². The van der Waals surface area contributed by atoms with E-state index in [1.807, 2.05) is 74.3 Å². The van der Waals surface area contributed by atoms with Crippen LogP contribution in [0.5, 0.6) is 11.5 Å². The van der Waals surface area contributed by atoms with E-state index in [2.05, 4.69) is 5.32 Å². The number of hydrogen-bond donors (Lipinski definition) is 1. The number of carbonyl (C=O) groups is 1. The average Bonchev–Trinajstić information content (AvgIpc) is 2.62. The Morgan fingerprint density at radius 1 is 1.20 bits per heavy atom. The number of amides is 1. The zero-order valence-corrected chi connectivity index (χ0v) is 14.9. The number of rotatable bonds is 5. The number of benzene rings is 2. The highest BCUT2D eigenvalue weighted by atomic mass is 16.6. The van der Waals surface area contributed by atoms with Crippen LogP contribution < -0.4 is 14.8 Å². The van der Waals surface area contributed by atoms with Gasteiger partial charge in [0.05, 0.1) is 6.04 Å². The second-order valence-electron chi connectivity index (χ2n) is 6.47. The number of carbonyl (C=O) groups excluding carboxylic acids is 1. The van der Waals surface area contributed by atoms with Crippen molar-refractivity contribution in [2.45, 2.75) is 26.0 Å². The van der Waals surface area contributed by atoms with E-state index in [9.17, 15) is 4.79 Å². The molecule has 5 nitrogen and oxygen atoms in total. The third kappa shape index (κ3) is 4.31. The predicted octanol–water partition coefficient (Wildman–Crippen LogP) is 3.09. The van der Waals surface area contributed by atoms with Gasteiger partial charge in [-0.15, -0.1) is 0 Å². The number of ether oxygens (including phenoxy) is 2. The van der Waals surface area contributed by atoms with Gasteiger partial charge in [0.15, 0.2) is 11.5 Å². The molecule has 0 aliphatic carbocycles. The first kappa shape index (κ1) is 17.3. The zero-order valence-electron chi connectivity index (χ0n) is 14.9. The van der Waals surface area contributed by atoms with Crippen molar-refractivity contribution in [3.63, 3.8) is 0 Å². The Balaban J connectivity index is 1.54. The summed E-state index contributed by atoms with van der Waals surface area (Å²) in [7, 11) is 1.92. The molecular formula is C20H24N2O3. The highest BCUT2D eigenvalue weighted by Gasteiger charge is 2.26. The Labute approximate surface area is 148 Å². The molecule has 0 spiro atoms. The summed E-state index contributed by atoms with van der Waals surface area (Å²) in [6.07, 6.45) is -0.102. The van der Waals surface area contributed by atoms with E-state index in [4.69, 9.17) is 9.47 Å². The van der Waals surface area contributed by atoms with Crippen molar-refractivity contribution >= 4 is 11.6 Å². The smallest absolute Gasteiger partial charge is 0.241 e. The highest BCUT2D eigenvalue weighted by Crippen LogP contribution is 2.31. The van der Waals surface area contributed by atoms with Crippen LogP contribution in [0.4, 0.5) is 5.69 Å². The first-order valence-corrected chi connectivity index (χ1v) is 8.49. The lowest BCUT2D eigenvalue weighted by Crippen LogP contribution is -2.46. The van der Waals surface area contributed by atoms with Gasteiger partial charge in [-0.2, -0.15) is 0 Å². The van der Waals surface area contributed by atoms with Crippen LogP contribution in [0.15, 0.2) is 48.5 Å². The Bertz CT molecular complexity index is 730. The van der Waals surface area contributed by atoms with Crippen LogP contribution in [-0.4, -0.2) is 43.2 Å². The Hall–Kier alpha value is -2.53. The fourth-order valence-corrected chi connectivity index (χ4v) is 2.72. The standard InChI is InChI=1S/C20H24N2O3/c1-14-8-10-16(11-9-14)21-20(23)15(2)22(3)12-17-13-24-18-6-4-5-7-19(18)25-17/h4-11,15,17H,12-13H2,1-3H3,(H,21,23)/t15-,17-/m0/s1. The molecule has 2 aromatic rings. The number of para-hydroxylation sites is 2. The molecule has 0 fully saturated rings. The summed E-state index contributed by atoms with van der Waals surface area (Å²) < 4.78 is 11.7. The summed E-state index contributed by atoms with van der Waals surface area (Å²) in [5.41, 5.74) is 1.97. The monoisotopic (exact) mass is 340 g/mol. The minimum absolute atomic E-state index is 0.0384. The van der Waals surface area contributed by atoms with Crippen LogP contribution >= 0.6 is 0 Å². The number of aryl methyl sites for hydroxylation is 1. The molecule has 0 saturated carbocycles. The second kappa shape index (κ2) is 7.57. The molecule has 3 rings (SSSR count). The van der Waals surface area contributed by atoms with Crippen molar-refractivity contribution in [3.05, 3.63) is 54.1 Å². The fraction of sp³-hybridized carbons (Fsp3) is 0.350. The molecule has 1 aliphatic rings. The van der Waals surface area contributed by atoms with Gasteiger partial charge in [-0.1, -0.05) is 29.8 Å². The third-order valence-electron chi connectivity index (χ3n) is 4.42. The van der Waals surface area contributed by atoms with E-state index < -0.39 is 0 Å². The molecule has 2 atom stereocenters. The van der Waals surface area contributed by atoms with Gasteiger partial charge in [-0.05, 0) is 45.2 Å². The number of fused-ring (bicyclic) bond motifs is 1. The van der Waals surface area contributed by atoms with Crippen LogP contribution in [0.3, 0.4) is 0 Å². The minimum Gasteiger partial charge on any atom is -0.486 e. The lowest BCUT2D eigenvalue weighted by Gasteiger charge is -2.31. The van der Waals surface area contributed by atoms with Crippen molar-refractivity contribution in [2.75, 3.05) is 25.5 Å². The zero-order chi connectivity index (χ0) is 17.8. The molecule has 0 saturated heterocycles. The van der Waals surface area contributed by atoms with E-state index >= 15 is 0 Å². The van der Waals surface area contributed by atoms with Crippen molar-refractivity contribution in [1.29, 1.82) is 0 Å². The fourth-order valence-electron chi connectivity index (χ4n) is 2.72. The summed E-state index contributed by atoms with van der Waals surface area (Å²) in [6.45, 7) is 5.00. The summed E-state index contributed by atoms with van der Waals surface area (Å²) in [4.78, 5) is 14.4. The first-order chi connectivity index (χ1) is 12.0. The molecule has 1 heterocycles. The van der Waals surface area contributed by atoms with E-state index in [-0.39, 0.29) is 18.1 Å². The molecule has 25 heavy (non-hydrogen) atoms. The maximum atomic E-state index is 12.5. The van der Waals surface area contributed by atoms with Gasteiger partial charge < -0.3 is 14.8 Å². The first-order valence-electron chi connectivity index (χ1n) is 8.49. The number of likely N-dealkylation sites (N-methyl/N-ethyl adjacent to an activating group) is 1. The van der Waals surface area contributed by atoms with Crippen LogP contribution in [0.1, 0.15) is 12.5 Å². The number of hydrogen-bond acceptors (Lipinski definition) is 4. The van der Waals surface area contributed by atoms with Gasteiger partial charge in [0.2, 0.25) is 5.91 Å². The SMILES string of the molecule is Cc1ccc(NC(=O)[C@H](C)N(C)C[C@H]2COc3ccccc3O2)cc1. The number of nitrogens with zero attached hydrogens (tertiary/aromatic N) is 1. The van der Waals surface area contributed by atoms with E-state index in [1.165, 1.54) is 0 Å². The average molecular weight is 340 g/mol. The maximum Gasteiger partial charge on any atom is 0.241 e. The molecule has 0 aromatic heterocycles. The van der Waals surface area contributed by atoms with E-state index in [1.54, 1.807) is 0 Å². The quantitative estimate of drug-likeness (QED) is 0.909. The van der Waals surface area contributed by atoms with Crippen LogP contribution in [0, 0.1) is 6.92 Å². The molecule has 1 N–H and O–H groups in total. The van der Waals surface area contributed by atoms with Gasteiger partial charge in [0, 0.05) is 12.2 Å². The molecule has 2 aromatic carbocycles. The van der Waals surface area contributed by atoms with Crippen LogP contribution in [-0.2, 0) is 4.79 Å². The summed E-state index contributed by atoms with van der Waals surface area (Å²) in [5.74, 6) is 1.49. The Morgan fingerprint density at radius 2 is 1.88 bits per heavy atom. The normalized spacial score (nSPS) is 17.2.